The Morgan fingerprint density at radius 2 is 1.92 bits per heavy atom. The average Bonchev–Trinajstić information content (AvgIpc) is 3.02. The number of hydrogen-bond acceptors (Lipinski definition) is 3. The monoisotopic (exact) mass is 359 g/mol. The molecule has 2 N–H and O–H groups in total. The Hall–Kier alpha value is -2.11. The molecule has 0 aliphatic carbocycles. The minimum Gasteiger partial charge on any atom is -0.494 e. The second-order valence-electron chi connectivity index (χ2n) is 5.46. The van der Waals surface area contributed by atoms with Gasteiger partial charge >= 0.3 is 0 Å². The molecule has 0 aromatic heterocycles. The third kappa shape index (κ3) is 3.52. The van der Waals surface area contributed by atoms with Crippen LogP contribution in [0, 0.1) is 0 Å². The number of rotatable bonds is 4. The van der Waals surface area contributed by atoms with Crippen LogP contribution < -0.4 is 10.5 Å². The first kappa shape index (κ1) is 16.7. The van der Waals surface area contributed by atoms with Crippen LogP contribution in [-0.2, 0) is 0 Å². The number of thiocarbonyl (C=S) groups is 1. The van der Waals surface area contributed by atoms with Gasteiger partial charge in [0.05, 0.1) is 18.4 Å². The molecule has 0 saturated carbocycles. The maximum Gasteiger partial charge on any atom is 0.187 e. The first-order chi connectivity index (χ1) is 11.6. The van der Waals surface area contributed by atoms with E-state index in [4.69, 9.17) is 34.3 Å². The van der Waals surface area contributed by atoms with Crippen LogP contribution in [0.5, 0.6) is 5.75 Å². The van der Waals surface area contributed by atoms with Gasteiger partial charge in [0.15, 0.2) is 5.11 Å². The highest BCUT2D eigenvalue weighted by atomic mass is 35.5. The van der Waals surface area contributed by atoms with Gasteiger partial charge in [0.2, 0.25) is 0 Å². The molecule has 1 atom stereocenters. The van der Waals surface area contributed by atoms with Crippen molar-refractivity contribution in [3.63, 3.8) is 0 Å². The van der Waals surface area contributed by atoms with Gasteiger partial charge < -0.3 is 10.5 Å². The Bertz CT molecular complexity index is 759. The number of nitrogens with two attached hydrogens (primary N) is 1. The fourth-order valence-corrected chi connectivity index (χ4v) is 3.04. The molecule has 0 saturated heterocycles. The Balaban J connectivity index is 1.86. The molecule has 0 bridgehead atoms. The lowest BCUT2D eigenvalue weighted by Gasteiger charge is -2.22. The van der Waals surface area contributed by atoms with E-state index in [1.165, 1.54) is 0 Å². The van der Waals surface area contributed by atoms with Crippen molar-refractivity contribution in [2.24, 2.45) is 10.8 Å². The number of benzene rings is 2. The quantitative estimate of drug-likeness (QED) is 0.834. The number of nitrogens with zero attached hydrogens (tertiary/aromatic N) is 2. The van der Waals surface area contributed by atoms with Crippen molar-refractivity contribution >= 4 is 34.6 Å². The standard InChI is InChI=1S/C18H18ClN3OS/c1-2-23-15-9-5-13(6-10-15)17-11-16(21-22(17)18(20)24)12-3-7-14(19)8-4-12/h3-10,17H,2,11H2,1H3,(H2,20,24)/t17-/m0/s1. The molecular formula is C18H18ClN3OS. The minimum absolute atomic E-state index is 0.0103. The molecule has 0 spiro atoms. The van der Waals surface area contributed by atoms with Gasteiger partial charge in [0.1, 0.15) is 5.75 Å². The summed E-state index contributed by atoms with van der Waals surface area (Å²) in [5.41, 5.74) is 8.93. The van der Waals surface area contributed by atoms with E-state index in [1.807, 2.05) is 55.5 Å². The van der Waals surface area contributed by atoms with Crippen LogP contribution in [0.2, 0.25) is 5.02 Å². The van der Waals surface area contributed by atoms with E-state index >= 15 is 0 Å². The molecule has 24 heavy (non-hydrogen) atoms. The highest BCUT2D eigenvalue weighted by molar-refractivity contribution is 7.80. The Labute approximate surface area is 151 Å². The number of hydrogen-bond donors (Lipinski definition) is 1. The Morgan fingerprint density at radius 1 is 1.25 bits per heavy atom. The summed E-state index contributed by atoms with van der Waals surface area (Å²) in [4.78, 5) is 0. The van der Waals surface area contributed by atoms with Crippen molar-refractivity contribution in [3.8, 4) is 5.75 Å². The molecule has 1 aliphatic heterocycles. The largest absolute Gasteiger partial charge is 0.494 e. The van der Waals surface area contributed by atoms with Crippen molar-refractivity contribution in [1.82, 2.24) is 5.01 Å². The zero-order valence-corrected chi connectivity index (χ0v) is 14.8. The lowest BCUT2D eigenvalue weighted by atomic mass is 9.98. The van der Waals surface area contributed by atoms with Crippen molar-refractivity contribution in [1.29, 1.82) is 0 Å². The molecule has 4 nitrogen and oxygen atoms in total. The number of hydrazone groups is 1. The molecule has 0 amide bonds. The molecule has 2 aromatic carbocycles. The smallest absolute Gasteiger partial charge is 0.187 e. The van der Waals surface area contributed by atoms with Crippen LogP contribution in [0.1, 0.15) is 30.5 Å². The first-order valence-corrected chi connectivity index (χ1v) is 8.52. The van der Waals surface area contributed by atoms with E-state index in [-0.39, 0.29) is 11.2 Å². The van der Waals surface area contributed by atoms with Crippen molar-refractivity contribution in [2.45, 2.75) is 19.4 Å². The summed E-state index contributed by atoms with van der Waals surface area (Å²) in [6, 6.07) is 15.6. The molecule has 0 fully saturated rings. The Morgan fingerprint density at radius 3 is 2.50 bits per heavy atom. The summed E-state index contributed by atoms with van der Waals surface area (Å²) in [6.07, 6.45) is 0.729. The molecular weight excluding hydrogens is 342 g/mol. The number of ether oxygens (including phenoxy) is 1. The van der Waals surface area contributed by atoms with E-state index in [9.17, 15) is 0 Å². The topological polar surface area (TPSA) is 50.8 Å². The molecule has 124 valence electrons. The van der Waals surface area contributed by atoms with Gasteiger partial charge in [-0.15, -0.1) is 0 Å². The number of halogens is 1. The van der Waals surface area contributed by atoms with Gasteiger partial charge in [-0.2, -0.15) is 5.10 Å². The van der Waals surface area contributed by atoms with Crippen molar-refractivity contribution in [2.75, 3.05) is 6.61 Å². The zero-order chi connectivity index (χ0) is 17.1. The van der Waals surface area contributed by atoms with Crippen LogP contribution >= 0.6 is 23.8 Å². The lowest BCUT2D eigenvalue weighted by molar-refractivity contribution is 0.339. The average molecular weight is 360 g/mol. The van der Waals surface area contributed by atoms with Crippen LogP contribution in [0.4, 0.5) is 0 Å². The normalized spacial score (nSPS) is 16.8. The third-order valence-electron chi connectivity index (χ3n) is 3.89. The molecule has 0 radical (unpaired) electrons. The SMILES string of the molecule is CCOc1ccc([C@@H]2CC(c3ccc(Cl)cc3)=NN2C(N)=S)cc1. The second-order valence-corrected chi connectivity index (χ2v) is 6.31. The van der Waals surface area contributed by atoms with Gasteiger partial charge in [0, 0.05) is 11.4 Å². The summed E-state index contributed by atoms with van der Waals surface area (Å²) >= 11 is 11.1. The zero-order valence-electron chi connectivity index (χ0n) is 13.3. The minimum atomic E-state index is -0.0103. The molecule has 2 aromatic rings. The second kappa shape index (κ2) is 7.20. The van der Waals surface area contributed by atoms with E-state index in [2.05, 4.69) is 5.10 Å². The maximum absolute atomic E-state index is 5.96. The summed E-state index contributed by atoms with van der Waals surface area (Å²) in [5.74, 6) is 0.847. The third-order valence-corrected chi connectivity index (χ3v) is 4.33. The van der Waals surface area contributed by atoms with Crippen LogP contribution in [0.3, 0.4) is 0 Å². The highest BCUT2D eigenvalue weighted by Gasteiger charge is 2.30. The summed E-state index contributed by atoms with van der Waals surface area (Å²) in [5, 5.41) is 7.28. The summed E-state index contributed by atoms with van der Waals surface area (Å²) in [6.45, 7) is 2.61. The van der Waals surface area contributed by atoms with Gasteiger partial charge in [-0.25, -0.2) is 5.01 Å². The van der Waals surface area contributed by atoms with Crippen molar-refractivity contribution < 1.29 is 4.74 Å². The van der Waals surface area contributed by atoms with E-state index in [0.717, 1.165) is 29.0 Å². The fourth-order valence-electron chi connectivity index (χ4n) is 2.74. The van der Waals surface area contributed by atoms with Crippen molar-refractivity contribution in [3.05, 3.63) is 64.7 Å². The van der Waals surface area contributed by atoms with Gasteiger partial charge in [-0.05, 0) is 54.5 Å². The highest BCUT2D eigenvalue weighted by Crippen LogP contribution is 2.33. The fraction of sp³-hybridized carbons (Fsp3) is 0.222. The molecule has 6 heteroatoms. The van der Waals surface area contributed by atoms with Gasteiger partial charge in [-0.1, -0.05) is 35.9 Å². The lowest BCUT2D eigenvalue weighted by Crippen LogP contribution is -2.31. The van der Waals surface area contributed by atoms with E-state index in [0.29, 0.717) is 11.6 Å². The summed E-state index contributed by atoms with van der Waals surface area (Å²) in [7, 11) is 0. The summed E-state index contributed by atoms with van der Waals surface area (Å²) < 4.78 is 5.49. The van der Waals surface area contributed by atoms with Crippen LogP contribution in [0.15, 0.2) is 53.6 Å². The molecule has 1 heterocycles. The molecule has 0 unspecified atom stereocenters. The van der Waals surface area contributed by atoms with E-state index in [1.54, 1.807) is 5.01 Å². The van der Waals surface area contributed by atoms with E-state index < -0.39 is 0 Å². The maximum atomic E-state index is 5.96. The predicted molar refractivity (Wildman–Crippen MR) is 102 cm³/mol. The van der Waals surface area contributed by atoms with Gasteiger partial charge in [0.25, 0.3) is 0 Å². The van der Waals surface area contributed by atoms with Crippen LogP contribution in [-0.4, -0.2) is 22.4 Å². The van der Waals surface area contributed by atoms with Gasteiger partial charge in [-0.3, -0.25) is 0 Å². The predicted octanol–water partition coefficient (Wildman–Crippen LogP) is 4.13. The molecule has 3 rings (SSSR count). The molecule has 1 aliphatic rings. The Kier molecular flexibility index (Phi) is 5.02. The van der Waals surface area contributed by atoms with Crippen LogP contribution in [0.25, 0.3) is 0 Å². The first-order valence-electron chi connectivity index (χ1n) is 7.73.